The molecule has 0 spiro atoms. The number of nitrogens with zero attached hydrogens (tertiary/aromatic N) is 1. The summed E-state index contributed by atoms with van der Waals surface area (Å²) in [4.78, 5) is 0. The van der Waals surface area contributed by atoms with E-state index in [-0.39, 0.29) is 17.4 Å². The standard InChI is InChI=1S/C16H25NO/c1-2-16(10-5-11-16)15(18)9-4-7-13-6-3-8-14(13)12-17/h4,7,13-15,18H,2-3,5-6,8-11H2,1H3/b7-4+/t13-,14+,15?/m0/s1. The molecule has 2 aliphatic carbocycles. The lowest BCUT2D eigenvalue weighted by molar-refractivity contribution is -0.0355. The van der Waals surface area contributed by atoms with Gasteiger partial charge in [0.25, 0.3) is 0 Å². The summed E-state index contributed by atoms with van der Waals surface area (Å²) >= 11 is 0. The molecule has 100 valence electrons. The van der Waals surface area contributed by atoms with Crippen molar-refractivity contribution < 1.29 is 5.11 Å². The maximum atomic E-state index is 10.3. The van der Waals surface area contributed by atoms with Crippen molar-refractivity contribution in [3.63, 3.8) is 0 Å². The quantitative estimate of drug-likeness (QED) is 0.751. The van der Waals surface area contributed by atoms with Crippen molar-refractivity contribution in [2.75, 3.05) is 0 Å². The van der Waals surface area contributed by atoms with E-state index in [0.717, 1.165) is 25.7 Å². The summed E-state index contributed by atoms with van der Waals surface area (Å²) in [5.74, 6) is 0.642. The lowest BCUT2D eigenvalue weighted by Crippen LogP contribution is -2.40. The summed E-state index contributed by atoms with van der Waals surface area (Å²) < 4.78 is 0. The van der Waals surface area contributed by atoms with Crippen LogP contribution in [0.5, 0.6) is 0 Å². The molecule has 1 unspecified atom stereocenters. The van der Waals surface area contributed by atoms with Gasteiger partial charge in [0.2, 0.25) is 0 Å². The first-order valence-electron chi connectivity index (χ1n) is 7.46. The molecule has 2 heteroatoms. The number of hydrogen-bond donors (Lipinski definition) is 1. The Labute approximate surface area is 111 Å². The van der Waals surface area contributed by atoms with Crippen LogP contribution < -0.4 is 0 Å². The van der Waals surface area contributed by atoms with Gasteiger partial charge < -0.3 is 5.11 Å². The lowest BCUT2D eigenvalue weighted by atomic mass is 9.63. The van der Waals surface area contributed by atoms with Gasteiger partial charge in [0.1, 0.15) is 0 Å². The minimum absolute atomic E-state index is 0.186. The zero-order valence-corrected chi connectivity index (χ0v) is 11.4. The van der Waals surface area contributed by atoms with Gasteiger partial charge in [0, 0.05) is 0 Å². The molecule has 0 aromatic carbocycles. The Morgan fingerprint density at radius 1 is 1.39 bits per heavy atom. The zero-order valence-electron chi connectivity index (χ0n) is 11.4. The molecule has 0 bridgehead atoms. The summed E-state index contributed by atoms with van der Waals surface area (Å²) in [6, 6.07) is 2.40. The summed E-state index contributed by atoms with van der Waals surface area (Å²) in [5, 5.41) is 19.3. The van der Waals surface area contributed by atoms with Crippen LogP contribution in [0.3, 0.4) is 0 Å². The largest absolute Gasteiger partial charge is 0.392 e. The first kappa shape index (κ1) is 13.6. The van der Waals surface area contributed by atoms with E-state index in [1.807, 2.05) is 0 Å². The minimum Gasteiger partial charge on any atom is -0.392 e. The van der Waals surface area contributed by atoms with Gasteiger partial charge in [-0.2, -0.15) is 5.26 Å². The average molecular weight is 247 g/mol. The van der Waals surface area contributed by atoms with Gasteiger partial charge >= 0.3 is 0 Å². The number of hydrogen-bond acceptors (Lipinski definition) is 2. The molecule has 2 fully saturated rings. The molecule has 2 aliphatic rings. The molecule has 0 radical (unpaired) electrons. The Hall–Kier alpha value is -0.810. The van der Waals surface area contributed by atoms with Gasteiger partial charge in [-0.05, 0) is 49.9 Å². The van der Waals surface area contributed by atoms with Crippen LogP contribution in [0.1, 0.15) is 58.3 Å². The maximum Gasteiger partial charge on any atom is 0.0661 e. The fraction of sp³-hybridized carbons (Fsp3) is 0.812. The molecule has 0 amide bonds. The van der Waals surface area contributed by atoms with Crippen LogP contribution >= 0.6 is 0 Å². The summed E-state index contributed by atoms with van der Waals surface area (Å²) in [6.07, 6.45) is 13.0. The third-order valence-corrected chi connectivity index (χ3v) is 5.24. The second kappa shape index (κ2) is 5.89. The van der Waals surface area contributed by atoms with Crippen molar-refractivity contribution in [2.45, 2.75) is 64.4 Å². The van der Waals surface area contributed by atoms with Gasteiger partial charge in [-0.15, -0.1) is 0 Å². The fourth-order valence-electron chi connectivity index (χ4n) is 3.56. The molecule has 1 N–H and O–H groups in total. The van der Waals surface area contributed by atoms with Crippen molar-refractivity contribution in [1.29, 1.82) is 5.26 Å². The van der Waals surface area contributed by atoms with E-state index in [0.29, 0.717) is 5.92 Å². The van der Waals surface area contributed by atoms with Gasteiger partial charge in [0.05, 0.1) is 18.1 Å². The lowest BCUT2D eigenvalue weighted by Gasteiger charge is -2.45. The smallest absolute Gasteiger partial charge is 0.0661 e. The van der Waals surface area contributed by atoms with Crippen molar-refractivity contribution in [2.24, 2.45) is 17.3 Å². The molecule has 0 heterocycles. The van der Waals surface area contributed by atoms with Gasteiger partial charge in [0.15, 0.2) is 0 Å². The Kier molecular flexibility index (Phi) is 4.45. The molecule has 2 rings (SSSR count). The van der Waals surface area contributed by atoms with E-state index in [1.54, 1.807) is 0 Å². The average Bonchev–Trinajstić information content (AvgIpc) is 2.76. The highest BCUT2D eigenvalue weighted by Gasteiger charge is 2.40. The van der Waals surface area contributed by atoms with E-state index < -0.39 is 0 Å². The highest BCUT2D eigenvalue weighted by Crippen LogP contribution is 2.47. The number of rotatable bonds is 5. The van der Waals surface area contributed by atoms with Crippen molar-refractivity contribution in [3.8, 4) is 6.07 Å². The molecule has 0 saturated heterocycles. The topological polar surface area (TPSA) is 44.0 Å². The first-order chi connectivity index (χ1) is 8.72. The van der Waals surface area contributed by atoms with E-state index >= 15 is 0 Å². The Bertz CT molecular complexity index is 332. The van der Waals surface area contributed by atoms with Crippen LogP contribution in [-0.2, 0) is 0 Å². The molecule has 2 saturated carbocycles. The number of nitriles is 1. The molecule has 2 nitrogen and oxygen atoms in total. The molecule has 18 heavy (non-hydrogen) atoms. The molecular weight excluding hydrogens is 222 g/mol. The van der Waals surface area contributed by atoms with Crippen molar-refractivity contribution in [3.05, 3.63) is 12.2 Å². The SMILES string of the molecule is CCC1(C(O)C/C=C/[C@@H]2CCC[C@@H]2C#N)CCC1. The van der Waals surface area contributed by atoms with Gasteiger partial charge in [-0.25, -0.2) is 0 Å². The van der Waals surface area contributed by atoms with E-state index in [4.69, 9.17) is 5.26 Å². The second-order valence-corrected chi connectivity index (χ2v) is 6.08. The summed E-state index contributed by atoms with van der Waals surface area (Å²) in [5.41, 5.74) is 0.203. The van der Waals surface area contributed by atoms with E-state index in [1.165, 1.54) is 25.7 Å². The third kappa shape index (κ3) is 2.62. The van der Waals surface area contributed by atoms with E-state index in [2.05, 4.69) is 25.1 Å². The van der Waals surface area contributed by atoms with Crippen LogP contribution in [0.15, 0.2) is 12.2 Å². The number of aliphatic hydroxyl groups is 1. The van der Waals surface area contributed by atoms with E-state index in [9.17, 15) is 5.11 Å². The highest BCUT2D eigenvalue weighted by atomic mass is 16.3. The highest BCUT2D eigenvalue weighted by molar-refractivity contribution is 5.04. The normalized spacial score (nSPS) is 32.1. The van der Waals surface area contributed by atoms with Gasteiger partial charge in [-0.1, -0.05) is 31.9 Å². The number of aliphatic hydroxyl groups excluding tert-OH is 1. The minimum atomic E-state index is -0.186. The second-order valence-electron chi connectivity index (χ2n) is 6.08. The Morgan fingerprint density at radius 3 is 2.72 bits per heavy atom. The zero-order chi connectivity index (χ0) is 13.0. The molecule has 0 aromatic rings. The maximum absolute atomic E-state index is 10.3. The molecule has 0 aromatic heterocycles. The van der Waals surface area contributed by atoms with Crippen molar-refractivity contribution in [1.82, 2.24) is 0 Å². The monoisotopic (exact) mass is 247 g/mol. The Morgan fingerprint density at radius 2 is 2.17 bits per heavy atom. The van der Waals surface area contributed by atoms with Gasteiger partial charge in [-0.3, -0.25) is 0 Å². The first-order valence-corrected chi connectivity index (χ1v) is 7.46. The van der Waals surface area contributed by atoms with Crippen molar-refractivity contribution >= 4 is 0 Å². The molecule has 0 aliphatic heterocycles. The number of allylic oxidation sites excluding steroid dienone is 1. The molecule has 3 atom stereocenters. The van der Waals surface area contributed by atoms with Crippen LogP contribution in [0.4, 0.5) is 0 Å². The van der Waals surface area contributed by atoms with Crippen LogP contribution in [-0.4, -0.2) is 11.2 Å². The van der Waals surface area contributed by atoms with Crippen LogP contribution in [0, 0.1) is 28.6 Å². The summed E-state index contributed by atoms with van der Waals surface area (Å²) in [6.45, 7) is 2.19. The fourth-order valence-corrected chi connectivity index (χ4v) is 3.56. The third-order valence-electron chi connectivity index (χ3n) is 5.24. The van der Waals surface area contributed by atoms with Crippen LogP contribution in [0.25, 0.3) is 0 Å². The summed E-state index contributed by atoms with van der Waals surface area (Å²) in [7, 11) is 0. The van der Waals surface area contributed by atoms with Crippen LogP contribution in [0.2, 0.25) is 0 Å². The Balaban J connectivity index is 1.82. The predicted molar refractivity (Wildman–Crippen MR) is 72.8 cm³/mol. The molecular formula is C16H25NO. The predicted octanol–water partition coefficient (Wildman–Crippen LogP) is 3.81.